The zero-order valence-corrected chi connectivity index (χ0v) is 10.4. The Labute approximate surface area is 102 Å². The smallest absolute Gasteiger partial charge is 0.312 e. The van der Waals surface area contributed by atoms with Crippen molar-refractivity contribution in [3.05, 3.63) is 12.2 Å². The third kappa shape index (κ3) is 1.41. The molecule has 3 rings (SSSR count). The molecule has 3 aliphatic rings. The SMILES string of the molecule is C[C@@H]1C[C@H]2C=C[C@@H]3COC(=O)[C@]3(C)[C@@H]2C[C@@H]1O. The minimum atomic E-state index is -0.402. The molecular weight excluding hydrogens is 216 g/mol. The number of hydrogen-bond acceptors (Lipinski definition) is 3. The molecule has 0 bridgehead atoms. The summed E-state index contributed by atoms with van der Waals surface area (Å²) in [6.07, 6.45) is 5.86. The van der Waals surface area contributed by atoms with Crippen molar-refractivity contribution < 1.29 is 14.6 Å². The van der Waals surface area contributed by atoms with Crippen molar-refractivity contribution in [2.24, 2.45) is 29.1 Å². The average Bonchev–Trinajstić information content (AvgIpc) is 2.59. The van der Waals surface area contributed by atoms with Gasteiger partial charge in [-0.25, -0.2) is 0 Å². The lowest BCUT2D eigenvalue weighted by atomic mass is 9.55. The van der Waals surface area contributed by atoms with Gasteiger partial charge in [0, 0.05) is 5.92 Å². The molecule has 1 saturated carbocycles. The van der Waals surface area contributed by atoms with E-state index in [1.165, 1.54) is 0 Å². The van der Waals surface area contributed by atoms with Crippen molar-refractivity contribution in [3.63, 3.8) is 0 Å². The van der Waals surface area contributed by atoms with Gasteiger partial charge in [-0.1, -0.05) is 19.1 Å². The van der Waals surface area contributed by atoms with Crippen molar-refractivity contribution in [3.8, 4) is 0 Å². The first kappa shape index (κ1) is 11.3. The fourth-order valence-electron chi connectivity index (χ4n) is 3.92. The fraction of sp³-hybridized carbons (Fsp3) is 0.786. The number of cyclic esters (lactones) is 1. The molecule has 1 saturated heterocycles. The highest BCUT2D eigenvalue weighted by atomic mass is 16.5. The lowest BCUT2D eigenvalue weighted by Gasteiger charge is -2.47. The summed E-state index contributed by atoms with van der Waals surface area (Å²) < 4.78 is 5.24. The van der Waals surface area contributed by atoms with Crippen molar-refractivity contribution in [2.75, 3.05) is 6.61 Å². The van der Waals surface area contributed by atoms with E-state index in [1.54, 1.807) is 0 Å². The number of carbonyl (C=O) groups excluding carboxylic acids is 1. The molecule has 0 spiro atoms. The van der Waals surface area contributed by atoms with Crippen LogP contribution >= 0.6 is 0 Å². The van der Waals surface area contributed by atoms with Crippen LogP contribution in [0.2, 0.25) is 0 Å². The number of rotatable bonds is 0. The van der Waals surface area contributed by atoms with Crippen LogP contribution in [0.1, 0.15) is 26.7 Å². The molecule has 0 unspecified atom stereocenters. The predicted octanol–water partition coefficient (Wildman–Crippen LogP) is 1.76. The summed E-state index contributed by atoms with van der Waals surface area (Å²) in [4.78, 5) is 12.0. The van der Waals surface area contributed by atoms with Crippen LogP contribution in [0, 0.1) is 29.1 Å². The molecule has 0 amide bonds. The fourth-order valence-corrected chi connectivity index (χ4v) is 3.92. The number of carbonyl (C=O) groups is 1. The summed E-state index contributed by atoms with van der Waals surface area (Å²) in [5.74, 6) is 1.15. The number of allylic oxidation sites excluding steroid dienone is 1. The third-order valence-electron chi connectivity index (χ3n) is 5.28. The second-order valence-electron chi connectivity index (χ2n) is 6.16. The quantitative estimate of drug-likeness (QED) is 0.515. The normalized spacial score (nSPS) is 52.9. The van der Waals surface area contributed by atoms with Crippen LogP contribution in [0.3, 0.4) is 0 Å². The van der Waals surface area contributed by atoms with Gasteiger partial charge in [-0.3, -0.25) is 4.79 Å². The first-order chi connectivity index (χ1) is 8.03. The Hall–Kier alpha value is -0.830. The van der Waals surface area contributed by atoms with E-state index in [0.717, 1.165) is 12.8 Å². The third-order valence-corrected chi connectivity index (χ3v) is 5.28. The first-order valence-corrected chi connectivity index (χ1v) is 6.57. The Morgan fingerprint density at radius 3 is 2.94 bits per heavy atom. The molecule has 3 nitrogen and oxygen atoms in total. The van der Waals surface area contributed by atoms with Crippen molar-refractivity contribution in [1.29, 1.82) is 0 Å². The standard InChI is InChI=1S/C14H20O3/c1-8-5-9-3-4-10-7-17-13(16)14(10,2)11(9)6-12(8)15/h3-4,8-12,15H,5-7H2,1-2H3/t8-,9-,10-,11-,12+,14+/m1/s1. The lowest BCUT2D eigenvalue weighted by Crippen LogP contribution is -2.48. The van der Waals surface area contributed by atoms with E-state index in [-0.39, 0.29) is 23.9 Å². The molecule has 2 fully saturated rings. The minimum absolute atomic E-state index is 0.0661. The zero-order chi connectivity index (χ0) is 12.2. The molecule has 1 aliphatic heterocycles. The lowest BCUT2D eigenvalue weighted by molar-refractivity contribution is -0.151. The van der Waals surface area contributed by atoms with E-state index in [2.05, 4.69) is 19.1 Å². The molecule has 2 aliphatic carbocycles. The summed E-state index contributed by atoms with van der Waals surface area (Å²) in [5.41, 5.74) is -0.402. The highest BCUT2D eigenvalue weighted by Crippen LogP contribution is 2.54. The van der Waals surface area contributed by atoms with Crippen LogP contribution in [-0.4, -0.2) is 23.8 Å². The van der Waals surface area contributed by atoms with E-state index in [1.807, 2.05) is 6.92 Å². The van der Waals surface area contributed by atoms with Crippen LogP contribution < -0.4 is 0 Å². The van der Waals surface area contributed by atoms with E-state index in [0.29, 0.717) is 18.4 Å². The second kappa shape index (κ2) is 3.58. The highest BCUT2D eigenvalue weighted by molar-refractivity contribution is 5.80. The summed E-state index contributed by atoms with van der Waals surface area (Å²) in [6.45, 7) is 4.63. The van der Waals surface area contributed by atoms with Gasteiger partial charge >= 0.3 is 5.97 Å². The van der Waals surface area contributed by atoms with Crippen LogP contribution in [0.25, 0.3) is 0 Å². The molecule has 1 N–H and O–H groups in total. The monoisotopic (exact) mass is 236 g/mol. The summed E-state index contributed by atoms with van der Waals surface area (Å²) in [6, 6.07) is 0. The molecule has 0 aromatic carbocycles. The number of ether oxygens (including phenoxy) is 1. The van der Waals surface area contributed by atoms with Gasteiger partial charge < -0.3 is 9.84 Å². The van der Waals surface area contributed by atoms with Gasteiger partial charge in [0.2, 0.25) is 0 Å². The second-order valence-corrected chi connectivity index (χ2v) is 6.16. The molecule has 94 valence electrons. The molecule has 0 aromatic heterocycles. The molecular formula is C14H20O3. The zero-order valence-electron chi connectivity index (χ0n) is 10.4. The van der Waals surface area contributed by atoms with E-state index in [9.17, 15) is 9.90 Å². The Balaban J connectivity index is 1.97. The number of hydrogen-bond donors (Lipinski definition) is 1. The van der Waals surface area contributed by atoms with Crippen LogP contribution in [0.5, 0.6) is 0 Å². The average molecular weight is 236 g/mol. The minimum Gasteiger partial charge on any atom is -0.465 e. The number of aliphatic hydroxyl groups excluding tert-OH is 1. The van der Waals surface area contributed by atoms with Crippen LogP contribution in [0.4, 0.5) is 0 Å². The van der Waals surface area contributed by atoms with E-state index in [4.69, 9.17) is 4.74 Å². The Bertz CT molecular complexity index is 376. The first-order valence-electron chi connectivity index (χ1n) is 6.57. The van der Waals surface area contributed by atoms with Crippen molar-refractivity contribution in [2.45, 2.75) is 32.8 Å². The van der Waals surface area contributed by atoms with E-state index < -0.39 is 5.41 Å². The number of fused-ring (bicyclic) bond motifs is 3. The molecule has 0 aromatic rings. The largest absolute Gasteiger partial charge is 0.465 e. The Morgan fingerprint density at radius 1 is 1.41 bits per heavy atom. The van der Waals surface area contributed by atoms with Crippen LogP contribution in [0.15, 0.2) is 12.2 Å². The maximum atomic E-state index is 12.0. The summed E-state index contributed by atoms with van der Waals surface area (Å²) in [7, 11) is 0. The molecule has 1 heterocycles. The van der Waals surface area contributed by atoms with Gasteiger partial charge in [-0.2, -0.15) is 0 Å². The van der Waals surface area contributed by atoms with Gasteiger partial charge in [0.05, 0.1) is 18.1 Å². The van der Waals surface area contributed by atoms with Gasteiger partial charge in [-0.15, -0.1) is 0 Å². The maximum absolute atomic E-state index is 12.0. The van der Waals surface area contributed by atoms with Crippen LogP contribution in [-0.2, 0) is 9.53 Å². The summed E-state index contributed by atoms with van der Waals surface area (Å²) in [5, 5.41) is 10.1. The topological polar surface area (TPSA) is 46.5 Å². The van der Waals surface area contributed by atoms with Crippen molar-refractivity contribution >= 4 is 5.97 Å². The number of esters is 1. The molecule has 6 atom stereocenters. The van der Waals surface area contributed by atoms with Gasteiger partial charge in [0.15, 0.2) is 0 Å². The summed E-state index contributed by atoms with van der Waals surface area (Å²) >= 11 is 0. The molecule has 17 heavy (non-hydrogen) atoms. The van der Waals surface area contributed by atoms with Gasteiger partial charge in [0.1, 0.15) is 0 Å². The maximum Gasteiger partial charge on any atom is 0.312 e. The Morgan fingerprint density at radius 2 is 2.18 bits per heavy atom. The van der Waals surface area contributed by atoms with Gasteiger partial charge in [0.25, 0.3) is 0 Å². The van der Waals surface area contributed by atoms with Crippen molar-refractivity contribution in [1.82, 2.24) is 0 Å². The predicted molar refractivity (Wildman–Crippen MR) is 63.1 cm³/mol. The van der Waals surface area contributed by atoms with E-state index >= 15 is 0 Å². The number of aliphatic hydroxyl groups is 1. The van der Waals surface area contributed by atoms with Gasteiger partial charge in [-0.05, 0) is 37.5 Å². The molecule has 0 radical (unpaired) electrons. The highest BCUT2D eigenvalue weighted by Gasteiger charge is 2.57. The Kier molecular flexibility index (Phi) is 2.37. The molecule has 3 heteroatoms.